The summed E-state index contributed by atoms with van der Waals surface area (Å²) < 4.78 is 23.2. The number of sulfone groups is 1. The van der Waals surface area contributed by atoms with Crippen LogP contribution in [0.2, 0.25) is 0 Å². The summed E-state index contributed by atoms with van der Waals surface area (Å²) in [7, 11) is -3.23. The Bertz CT molecular complexity index is 627. The van der Waals surface area contributed by atoms with Crippen LogP contribution in [0.25, 0.3) is 0 Å². The predicted octanol–water partition coefficient (Wildman–Crippen LogP) is 1.49. The number of benzene rings is 1. The molecule has 1 N–H and O–H groups in total. The molecule has 18 heavy (non-hydrogen) atoms. The van der Waals surface area contributed by atoms with E-state index in [-0.39, 0.29) is 0 Å². The quantitative estimate of drug-likeness (QED) is 0.905. The average Bonchev–Trinajstić information content (AvgIpc) is 2.37. The molecule has 2 rings (SSSR count). The van der Waals surface area contributed by atoms with Crippen molar-refractivity contribution >= 4 is 15.5 Å². The monoisotopic (exact) mass is 263 g/mol. The Morgan fingerprint density at radius 3 is 2.67 bits per heavy atom. The van der Waals surface area contributed by atoms with Crippen molar-refractivity contribution < 1.29 is 8.42 Å². The Hall–Kier alpha value is -1.95. The number of anilines is 1. The second kappa shape index (κ2) is 5.14. The average molecular weight is 263 g/mol. The molecule has 0 aliphatic heterocycles. The first-order valence-corrected chi connectivity index (χ1v) is 7.24. The maximum atomic E-state index is 11.6. The van der Waals surface area contributed by atoms with Gasteiger partial charge < -0.3 is 5.32 Å². The van der Waals surface area contributed by atoms with Gasteiger partial charge in [-0.2, -0.15) is 0 Å². The molecule has 94 valence electrons. The van der Waals surface area contributed by atoms with E-state index in [1.54, 1.807) is 36.5 Å². The van der Waals surface area contributed by atoms with Crippen molar-refractivity contribution in [2.75, 3.05) is 11.6 Å². The third-order valence-corrected chi connectivity index (χ3v) is 3.54. The van der Waals surface area contributed by atoms with Gasteiger partial charge in [-0.1, -0.05) is 12.1 Å². The van der Waals surface area contributed by atoms with Crippen LogP contribution in [0.5, 0.6) is 0 Å². The maximum Gasteiger partial charge on any atom is 0.177 e. The van der Waals surface area contributed by atoms with Crippen molar-refractivity contribution in [1.29, 1.82) is 0 Å². The first-order chi connectivity index (χ1) is 8.57. The second-order valence-electron chi connectivity index (χ2n) is 3.82. The standard InChI is InChI=1S/C12H13N3O2S/c1-18(16,17)12-5-3-2-4-11(12)14-8-10-6-7-13-9-15-10/h2-7,9,14H,8H2,1H3. The van der Waals surface area contributed by atoms with Crippen LogP contribution in [0.15, 0.2) is 47.8 Å². The van der Waals surface area contributed by atoms with E-state index in [4.69, 9.17) is 0 Å². The first-order valence-electron chi connectivity index (χ1n) is 5.35. The molecule has 1 heterocycles. The molecule has 0 fully saturated rings. The number of aromatic nitrogens is 2. The lowest BCUT2D eigenvalue weighted by atomic mass is 10.3. The molecule has 5 nitrogen and oxygen atoms in total. The normalized spacial score (nSPS) is 11.2. The maximum absolute atomic E-state index is 11.6. The summed E-state index contributed by atoms with van der Waals surface area (Å²) in [6, 6.07) is 8.58. The van der Waals surface area contributed by atoms with Crippen molar-refractivity contribution in [2.24, 2.45) is 0 Å². The number of hydrogen-bond acceptors (Lipinski definition) is 5. The van der Waals surface area contributed by atoms with E-state index in [1.807, 2.05) is 0 Å². The van der Waals surface area contributed by atoms with Crippen LogP contribution in [0.3, 0.4) is 0 Å². The van der Waals surface area contributed by atoms with Crippen LogP contribution in [0, 0.1) is 0 Å². The van der Waals surface area contributed by atoms with Crippen molar-refractivity contribution in [3.8, 4) is 0 Å². The van der Waals surface area contributed by atoms with Gasteiger partial charge in [-0.25, -0.2) is 18.4 Å². The SMILES string of the molecule is CS(=O)(=O)c1ccccc1NCc1ccncn1. The van der Waals surface area contributed by atoms with Gasteiger partial charge >= 0.3 is 0 Å². The lowest BCUT2D eigenvalue weighted by Crippen LogP contribution is -2.07. The summed E-state index contributed by atoms with van der Waals surface area (Å²) in [6.07, 6.45) is 4.30. The predicted molar refractivity (Wildman–Crippen MR) is 68.9 cm³/mol. The lowest BCUT2D eigenvalue weighted by molar-refractivity contribution is 0.602. The molecule has 0 aliphatic rings. The highest BCUT2D eigenvalue weighted by Crippen LogP contribution is 2.20. The van der Waals surface area contributed by atoms with Crippen molar-refractivity contribution in [2.45, 2.75) is 11.4 Å². The largest absolute Gasteiger partial charge is 0.378 e. The zero-order chi connectivity index (χ0) is 13.0. The molecule has 0 saturated carbocycles. The molecule has 0 amide bonds. The summed E-state index contributed by atoms with van der Waals surface area (Å²) in [6.45, 7) is 0.453. The van der Waals surface area contributed by atoms with Crippen molar-refractivity contribution in [3.05, 3.63) is 48.5 Å². The van der Waals surface area contributed by atoms with E-state index < -0.39 is 9.84 Å². The van der Waals surface area contributed by atoms with Gasteiger partial charge in [0.1, 0.15) is 6.33 Å². The summed E-state index contributed by atoms with van der Waals surface area (Å²) in [5.41, 5.74) is 1.38. The van der Waals surface area contributed by atoms with Crippen LogP contribution in [0.4, 0.5) is 5.69 Å². The smallest absolute Gasteiger partial charge is 0.177 e. The minimum absolute atomic E-state index is 0.291. The highest BCUT2D eigenvalue weighted by molar-refractivity contribution is 7.90. The van der Waals surface area contributed by atoms with E-state index in [1.165, 1.54) is 12.6 Å². The van der Waals surface area contributed by atoms with Crippen LogP contribution in [0.1, 0.15) is 5.69 Å². The Morgan fingerprint density at radius 2 is 2.00 bits per heavy atom. The van der Waals surface area contributed by atoms with Crippen molar-refractivity contribution in [3.63, 3.8) is 0 Å². The zero-order valence-corrected chi connectivity index (χ0v) is 10.7. The Kier molecular flexibility index (Phi) is 3.57. The summed E-state index contributed by atoms with van der Waals surface area (Å²) in [5, 5.41) is 3.07. The van der Waals surface area contributed by atoms with Gasteiger partial charge in [-0.15, -0.1) is 0 Å². The van der Waals surface area contributed by atoms with Crippen LogP contribution < -0.4 is 5.32 Å². The third-order valence-electron chi connectivity index (χ3n) is 2.39. The number of para-hydroxylation sites is 1. The molecule has 0 saturated heterocycles. The third kappa shape index (κ3) is 3.04. The fourth-order valence-corrected chi connectivity index (χ4v) is 2.41. The van der Waals surface area contributed by atoms with Gasteiger partial charge in [0.15, 0.2) is 9.84 Å². The van der Waals surface area contributed by atoms with E-state index >= 15 is 0 Å². The van der Waals surface area contributed by atoms with Crippen LogP contribution in [-0.2, 0) is 16.4 Å². The Balaban J connectivity index is 2.20. The van der Waals surface area contributed by atoms with E-state index in [2.05, 4.69) is 15.3 Å². The van der Waals surface area contributed by atoms with Gasteiger partial charge in [-0.05, 0) is 18.2 Å². The molecule has 0 unspecified atom stereocenters. The van der Waals surface area contributed by atoms with E-state index in [0.717, 1.165) is 5.69 Å². The van der Waals surface area contributed by atoms with Gasteiger partial charge in [-0.3, -0.25) is 0 Å². The number of rotatable bonds is 4. The molecule has 0 radical (unpaired) electrons. The summed E-state index contributed by atoms with van der Waals surface area (Å²) >= 11 is 0. The molecule has 0 atom stereocenters. The first kappa shape index (κ1) is 12.5. The minimum atomic E-state index is -3.23. The fraction of sp³-hybridized carbons (Fsp3) is 0.167. The molecule has 0 bridgehead atoms. The molecule has 1 aromatic carbocycles. The van der Waals surface area contributed by atoms with E-state index in [0.29, 0.717) is 17.1 Å². The number of nitrogens with zero attached hydrogens (tertiary/aromatic N) is 2. The van der Waals surface area contributed by atoms with Gasteiger partial charge in [0.25, 0.3) is 0 Å². The minimum Gasteiger partial charge on any atom is -0.378 e. The topological polar surface area (TPSA) is 72.0 Å². The Morgan fingerprint density at radius 1 is 1.22 bits per heavy atom. The number of nitrogens with one attached hydrogen (secondary N) is 1. The Labute approximate surface area is 106 Å². The van der Waals surface area contributed by atoms with Crippen LogP contribution >= 0.6 is 0 Å². The molecule has 6 heteroatoms. The highest BCUT2D eigenvalue weighted by Gasteiger charge is 2.11. The summed E-state index contributed by atoms with van der Waals surface area (Å²) in [5.74, 6) is 0. The molecule has 1 aromatic heterocycles. The number of hydrogen-bond donors (Lipinski definition) is 1. The van der Waals surface area contributed by atoms with Gasteiger partial charge in [0.05, 0.1) is 22.8 Å². The second-order valence-corrected chi connectivity index (χ2v) is 5.81. The fourth-order valence-electron chi connectivity index (χ4n) is 1.54. The van der Waals surface area contributed by atoms with Crippen LogP contribution in [-0.4, -0.2) is 24.6 Å². The molecule has 0 aliphatic carbocycles. The van der Waals surface area contributed by atoms with Gasteiger partial charge in [0, 0.05) is 12.5 Å². The molecule has 0 spiro atoms. The summed E-state index contributed by atoms with van der Waals surface area (Å²) in [4.78, 5) is 8.18. The van der Waals surface area contributed by atoms with E-state index in [9.17, 15) is 8.42 Å². The molecular weight excluding hydrogens is 250 g/mol. The molecule has 2 aromatic rings. The highest BCUT2D eigenvalue weighted by atomic mass is 32.2. The molecular formula is C12H13N3O2S. The zero-order valence-electron chi connectivity index (χ0n) is 9.87. The van der Waals surface area contributed by atoms with Gasteiger partial charge in [0.2, 0.25) is 0 Å². The van der Waals surface area contributed by atoms with Crippen molar-refractivity contribution in [1.82, 2.24) is 9.97 Å². The lowest BCUT2D eigenvalue weighted by Gasteiger charge is -2.10.